The van der Waals surface area contributed by atoms with E-state index in [9.17, 15) is 14.7 Å². The lowest BCUT2D eigenvalue weighted by atomic mass is 10.0. The molecule has 11 nitrogen and oxygen atoms in total. The molecular weight excluding hydrogens is 440 g/mol. The number of hydrogen-bond acceptors (Lipinski definition) is 8. The van der Waals surface area contributed by atoms with E-state index < -0.39 is 23.9 Å². The molecule has 0 spiro atoms. The largest absolute Gasteiger partial charge is 0.444 e. The molecule has 3 rings (SSSR count). The van der Waals surface area contributed by atoms with Crippen LogP contribution in [0.1, 0.15) is 40.5 Å². The van der Waals surface area contributed by atoms with Crippen molar-refractivity contribution in [2.24, 2.45) is 5.73 Å². The summed E-state index contributed by atoms with van der Waals surface area (Å²) in [5, 5.41) is 20.6. The Labute approximate surface area is 199 Å². The predicted molar refractivity (Wildman–Crippen MR) is 126 cm³/mol. The summed E-state index contributed by atoms with van der Waals surface area (Å²) < 4.78 is 12.2. The van der Waals surface area contributed by atoms with Gasteiger partial charge in [0.25, 0.3) is 0 Å². The highest BCUT2D eigenvalue weighted by Crippen LogP contribution is 2.23. The smallest absolute Gasteiger partial charge is 0.412 e. The van der Waals surface area contributed by atoms with Crippen LogP contribution in [0.5, 0.6) is 0 Å². The normalized spacial score (nSPS) is 19.1. The fourth-order valence-electron chi connectivity index (χ4n) is 3.87. The van der Waals surface area contributed by atoms with Gasteiger partial charge in [0.15, 0.2) is 0 Å². The summed E-state index contributed by atoms with van der Waals surface area (Å²) in [5.41, 5.74) is 7.51. The van der Waals surface area contributed by atoms with Crippen molar-refractivity contribution in [3.8, 4) is 11.3 Å². The number of hydrogen-bond donors (Lipinski definition) is 3. The first-order valence-corrected chi connectivity index (χ1v) is 11.4. The maximum atomic E-state index is 12.1. The van der Waals surface area contributed by atoms with Gasteiger partial charge in [-0.25, -0.2) is 9.59 Å². The van der Waals surface area contributed by atoms with Crippen LogP contribution in [0.25, 0.3) is 11.3 Å². The van der Waals surface area contributed by atoms with Crippen LogP contribution in [0.2, 0.25) is 0 Å². The number of nitrogens with one attached hydrogen (secondary N) is 1. The molecule has 2 unspecified atom stereocenters. The number of carbonyl (C=O) groups is 2. The number of aromatic nitrogens is 3. The molecule has 1 fully saturated rings. The standard InChI is InChI=1S/C23H34N6O5/c1-15(24)20-19(14-30)33-22(32)29(20)11-6-5-10-28-13-18(26-27-28)16-8-7-9-17(12-16)25-21(31)34-23(2,3)4/h7-9,12-13,15,19-20,30H,5-6,10-11,14,24H2,1-4H3,(H,25,31)/t15?,19?,20-/m1/s1. The molecule has 2 aromatic rings. The van der Waals surface area contributed by atoms with Crippen molar-refractivity contribution in [1.82, 2.24) is 19.9 Å². The van der Waals surface area contributed by atoms with Crippen LogP contribution in [-0.4, -0.2) is 74.1 Å². The second kappa shape index (κ2) is 10.8. The molecule has 0 radical (unpaired) electrons. The fourth-order valence-corrected chi connectivity index (χ4v) is 3.87. The highest BCUT2D eigenvalue weighted by molar-refractivity contribution is 5.86. The Bertz CT molecular complexity index is 986. The summed E-state index contributed by atoms with van der Waals surface area (Å²) in [6.45, 7) is 8.09. The average Bonchev–Trinajstić information content (AvgIpc) is 3.34. The van der Waals surface area contributed by atoms with Gasteiger partial charge in [-0.3, -0.25) is 14.9 Å². The zero-order valence-corrected chi connectivity index (χ0v) is 20.1. The van der Waals surface area contributed by atoms with Gasteiger partial charge >= 0.3 is 12.2 Å². The minimum Gasteiger partial charge on any atom is -0.444 e. The van der Waals surface area contributed by atoms with Crippen LogP contribution in [0.15, 0.2) is 30.5 Å². The zero-order chi connectivity index (χ0) is 24.9. The molecule has 1 saturated heterocycles. The molecule has 34 heavy (non-hydrogen) atoms. The second-order valence-corrected chi connectivity index (χ2v) is 9.43. The molecule has 4 N–H and O–H groups in total. The molecule has 3 atom stereocenters. The monoisotopic (exact) mass is 474 g/mol. The predicted octanol–water partition coefficient (Wildman–Crippen LogP) is 2.60. The van der Waals surface area contributed by atoms with E-state index in [1.165, 1.54) is 0 Å². The van der Waals surface area contributed by atoms with E-state index in [0.717, 1.165) is 18.4 Å². The van der Waals surface area contributed by atoms with Crippen LogP contribution >= 0.6 is 0 Å². The third kappa shape index (κ3) is 6.67. The molecule has 11 heteroatoms. The van der Waals surface area contributed by atoms with Crippen LogP contribution in [0.4, 0.5) is 15.3 Å². The van der Waals surface area contributed by atoms with Gasteiger partial charge in [0.2, 0.25) is 0 Å². The van der Waals surface area contributed by atoms with Gasteiger partial charge in [-0.1, -0.05) is 17.3 Å². The number of nitrogens with zero attached hydrogens (tertiary/aromatic N) is 4. The number of rotatable bonds is 9. The average molecular weight is 475 g/mol. The molecule has 1 aromatic heterocycles. The van der Waals surface area contributed by atoms with Gasteiger partial charge in [-0.15, -0.1) is 5.10 Å². The second-order valence-electron chi connectivity index (χ2n) is 9.43. The highest BCUT2D eigenvalue weighted by Gasteiger charge is 2.42. The summed E-state index contributed by atoms with van der Waals surface area (Å²) in [6.07, 6.45) is 1.77. The number of benzene rings is 1. The Hall–Kier alpha value is -3.18. The van der Waals surface area contributed by atoms with Crippen molar-refractivity contribution < 1.29 is 24.2 Å². The van der Waals surface area contributed by atoms with Crippen LogP contribution in [0, 0.1) is 0 Å². The molecule has 0 bridgehead atoms. The molecule has 2 heterocycles. The van der Waals surface area contributed by atoms with Crippen molar-refractivity contribution in [2.75, 3.05) is 18.5 Å². The van der Waals surface area contributed by atoms with E-state index >= 15 is 0 Å². The molecule has 2 amide bonds. The molecule has 1 aromatic carbocycles. The van der Waals surface area contributed by atoms with Crippen LogP contribution in [0.3, 0.4) is 0 Å². The number of cyclic esters (lactones) is 1. The van der Waals surface area contributed by atoms with Gasteiger partial charge in [-0.05, 0) is 52.7 Å². The van der Waals surface area contributed by atoms with Gasteiger partial charge in [-0.2, -0.15) is 0 Å². The number of aryl methyl sites for hydroxylation is 1. The van der Waals surface area contributed by atoms with Crippen molar-refractivity contribution in [1.29, 1.82) is 0 Å². The SMILES string of the molecule is CC(N)[C@@H]1C(CO)OC(=O)N1CCCCn1cc(-c2cccc(NC(=O)OC(C)(C)C)c2)nn1. The number of ether oxygens (including phenoxy) is 2. The highest BCUT2D eigenvalue weighted by atomic mass is 16.6. The Morgan fingerprint density at radius 2 is 2.06 bits per heavy atom. The third-order valence-corrected chi connectivity index (χ3v) is 5.32. The quantitative estimate of drug-likeness (QED) is 0.470. The van der Waals surface area contributed by atoms with Gasteiger partial charge in [0, 0.05) is 30.4 Å². The van der Waals surface area contributed by atoms with Gasteiger partial charge in [0.05, 0.1) is 18.8 Å². The molecule has 1 aliphatic rings. The maximum absolute atomic E-state index is 12.1. The fraction of sp³-hybridized carbons (Fsp3) is 0.565. The maximum Gasteiger partial charge on any atom is 0.412 e. The molecule has 0 aliphatic carbocycles. The number of aliphatic hydroxyl groups is 1. The minimum absolute atomic E-state index is 0.245. The minimum atomic E-state index is -0.592. The van der Waals surface area contributed by atoms with Crippen LogP contribution in [-0.2, 0) is 16.0 Å². The number of nitrogens with two attached hydrogens (primary N) is 1. The summed E-state index contributed by atoms with van der Waals surface area (Å²) in [4.78, 5) is 25.7. The van der Waals surface area contributed by atoms with Crippen molar-refractivity contribution >= 4 is 17.9 Å². The third-order valence-electron chi connectivity index (χ3n) is 5.32. The van der Waals surface area contributed by atoms with Crippen molar-refractivity contribution in [3.63, 3.8) is 0 Å². The number of amides is 2. The lowest BCUT2D eigenvalue weighted by Crippen LogP contribution is -2.49. The van der Waals surface area contributed by atoms with E-state index in [1.807, 2.05) is 24.4 Å². The first kappa shape index (κ1) is 25.4. The topological polar surface area (TPSA) is 145 Å². The van der Waals surface area contributed by atoms with E-state index in [0.29, 0.717) is 24.5 Å². The number of carbonyl (C=O) groups excluding carboxylic acids is 2. The first-order valence-electron chi connectivity index (χ1n) is 11.4. The Morgan fingerprint density at radius 3 is 2.74 bits per heavy atom. The summed E-state index contributed by atoms with van der Waals surface area (Å²) in [6, 6.07) is 6.66. The summed E-state index contributed by atoms with van der Waals surface area (Å²) in [5.74, 6) is 0. The van der Waals surface area contributed by atoms with Gasteiger partial charge in [0.1, 0.15) is 17.4 Å². The molecule has 186 valence electrons. The Morgan fingerprint density at radius 1 is 1.32 bits per heavy atom. The lowest BCUT2D eigenvalue weighted by Gasteiger charge is -2.26. The number of unbranched alkanes of at least 4 members (excludes halogenated alkanes) is 1. The molecule has 0 saturated carbocycles. The molecular formula is C23H34N6O5. The first-order chi connectivity index (χ1) is 16.1. The van der Waals surface area contributed by atoms with Gasteiger partial charge < -0.3 is 20.3 Å². The van der Waals surface area contributed by atoms with E-state index in [2.05, 4.69) is 15.6 Å². The van der Waals surface area contributed by atoms with E-state index in [4.69, 9.17) is 15.2 Å². The summed E-state index contributed by atoms with van der Waals surface area (Å²) in [7, 11) is 0. The number of aliphatic hydroxyl groups excluding tert-OH is 1. The van der Waals surface area contributed by atoms with E-state index in [-0.39, 0.29) is 18.7 Å². The molecule has 1 aliphatic heterocycles. The van der Waals surface area contributed by atoms with E-state index in [1.54, 1.807) is 43.3 Å². The van der Waals surface area contributed by atoms with Crippen LogP contribution < -0.4 is 11.1 Å². The van der Waals surface area contributed by atoms with Crippen molar-refractivity contribution in [3.05, 3.63) is 30.5 Å². The Kier molecular flexibility index (Phi) is 8.11. The number of anilines is 1. The zero-order valence-electron chi connectivity index (χ0n) is 20.1. The summed E-state index contributed by atoms with van der Waals surface area (Å²) >= 11 is 0. The lowest BCUT2D eigenvalue weighted by molar-refractivity contribution is 0.0635. The Balaban J connectivity index is 1.52. The van der Waals surface area contributed by atoms with Crippen molar-refractivity contribution in [2.45, 2.75) is 70.9 Å².